The van der Waals surface area contributed by atoms with E-state index in [1.54, 1.807) is 0 Å². The molecular weight excluding hydrogens is 200 g/mol. The average molecular weight is 222 g/mol. The Morgan fingerprint density at radius 2 is 1.94 bits per heavy atom. The number of carbonyl (C=O) groups is 1. The SMILES string of the molecule is C[C@@H]1OC(=O)C2C[C@H]3CCCC[C@H]3CC21C. The van der Waals surface area contributed by atoms with E-state index in [0.29, 0.717) is 0 Å². The van der Waals surface area contributed by atoms with Crippen LogP contribution in [0.15, 0.2) is 0 Å². The standard InChI is InChI=1S/C14H22O2/c1-9-14(2)8-11-6-4-3-5-10(11)7-12(14)13(15)16-9/h9-12H,3-8H2,1-2H3/t9-,10+,11-,12?,14?/m0/s1. The second-order valence-electron chi connectivity index (χ2n) is 6.38. The van der Waals surface area contributed by atoms with Gasteiger partial charge in [-0.2, -0.15) is 0 Å². The van der Waals surface area contributed by atoms with E-state index in [4.69, 9.17) is 4.74 Å². The number of hydrogen-bond donors (Lipinski definition) is 0. The van der Waals surface area contributed by atoms with Crippen molar-refractivity contribution in [2.45, 2.75) is 58.5 Å². The highest BCUT2D eigenvalue weighted by molar-refractivity contribution is 5.76. The summed E-state index contributed by atoms with van der Waals surface area (Å²) >= 11 is 0. The van der Waals surface area contributed by atoms with Gasteiger partial charge >= 0.3 is 5.97 Å². The van der Waals surface area contributed by atoms with Crippen molar-refractivity contribution in [1.82, 2.24) is 0 Å². The Kier molecular flexibility index (Phi) is 2.31. The van der Waals surface area contributed by atoms with Crippen LogP contribution in [-0.4, -0.2) is 12.1 Å². The van der Waals surface area contributed by atoms with Crippen molar-refractivity contribution in [2.24, 2.45) is 23.2 Å². The number of hydrogen-bond acceptors (Lipinski definition) is 2. The molecule has 16 heavy (non-hydrogen) atoms. The van der Waals surface area contributed by atoms with Crippen LogP contribution in [0.2, 0.25) is 0 Å². The van der Waals surface area contributed by atoms with Gasteiger partial charge in [-0.3, -0.25) is 4.79 Å². The number of cyclic esters (lactones) is 1. The van der Waals surface area contributed by atoms with Crippen LogP contribution < -0.4 is 0 Å². The van der Waals surface area contributed by atoms with Crippen molar-refractivity contribution in [3.8, 4) is 0 Å². The quantitative estimate of drug-likeness (QED) is 0.588. The van der Waals surface area contributed by atoms with Crippen molar-refractivity contribution in [3.63, 3.8) is 0 Å². The van der Waals surface area contributed by atoms with E-state index in [0.717, 1.165) is 18.3 Å². The Hall–Kier alpha value is -0.530. The summed E-state index contributed by atoms with van der Waals surface area (Å²) in [7, 11) is 0. The number of ether oxygens (including phenoxy) is 1. The normalized spacial score (nSPS) is 51.8. The molecule has 0 aromatic heterocycles. The Morgan fingerprint density at radius 3 is 2.69 bits per heavy atom. The largest absolute Gasteiger partial charge is 0.462 e. The van der Waals surface area contributed by atoms with Crippen LogP contribution >= 0.6 is 0 Å². The van der Waals surface area contributed by atoms with Gasteiger partial charge in [0, 0.05) is 5.41 Å². The Labute approximate surface area is 97.7 Å². The molecule has 0 aromatic carbocycles. The van der Waals surface area contributed by atoms with Gasteiger partial charge < -0.3 is 4.74 Å². The lowest BCUT2D eigenvalue weighted by Crippen LogP contribution is -2.43. The molecule has 1 heterocycles. The van der Waals surface area contributed by atoms with E-state index in [1.807, 2.05) is 0 Å². The van der Waals surface area contributed by atoms with E-state index in [1.165, 1.54) is 32.1 Å². The van der Waals surface area contributed by atoms with Crippen LogP contribution in [0.3, 0.4) is 0 Å². The third-order valence-electron chi connectivity index (χ3n) is 5.61. The topological polar surface area (TPSA) is 26.3 Å². The molecule has 0 radical (unpaired) electrons. The highest BCUT2D eigenvalue weighted by atomic mass is 16.6. The van der Waals surface area contributed by atoms with Crippen molar-refractivity contribution < 1.29 is 9.53 Å². The highest BCUT2D eigenvalue weighted by Crippen LogP contribution is 2.56. The molecule has 0 aromatic rings. The van der Waals surface area contributed by atoms with Crippen molar-refractivity contribution in [3.05, 3.63) is 0 Å². The molecule has 1 saturated heterocycles. The molecule has 3 aliphatic rings. The molecule has 5 atom stereocenters. The molecule has 0 N–H and O–H groups in total. The minimum Gasteiger partial charge on any atom is -0.462 e. The molecule has 1 aliphatic heterocycles. The molecule has 2 saturated carbocycles. The van der Waals surface area contributed by atoms with Gasteiger partial charge in [0.1, 0.15) is 6.10 Å². The van der Waals surface area contributed by atoms with E-state index < -0.39 is 0 Å². The minimum atomic E-state index is 0.0824. The monoisotopic (exact) mass is 222 g/mol. The van der Waals surface area contributed by atoms with Crippen molar-refractivity contribution in [2.75, 3.05) is 0 Å². The van der Waals surface area contributed by atoms with E-state index >= 15 is 0 Å². The maximum Gasteiger partial charge on any atom is 0.309 e. The van der Waals surface area contributed by atoms with Crippen LogP contribution in [0.5, 0.6) is 0 Å². The first kappa shape index (κ1) is 10.6. The summed E-state index contributed by atoms with van der Waals surface area (Å²) in [5.41, 5.74) is 0.135. The van der Waals surface area contributed by atoms with E-state index in [2.05, 4.69) is 13.8 Å². The van der Waals surface area contributed by atoms with Crippen LogP contribution in [0, 0.1) is 23.2 Å². The number of rotatable bonds is 0. The van der Waals surface area contributed by atoms with Crippen molar-refractivity contribution in [1.29, 1.82) is 0 Å². The molecule has 0 spiro atoms. The Balaban J connectivity index is 1.86. The van der Waals surface area contributed by atoms with Crippen LogP contribution in [0.25, 0.3) is 0 Å². The summed E-state index contributed by atoms with van der Waals surface area (Å²) < 4.78 is 5.48. The molecule has 2 heteroatoms. The molecule has 2 aliphatic carbocycles. The zero-order valence-corrected chi connectivity index (χ0v) is 10.4. The summed E-state index contributed by atoms with van der Waals surface area (Å²) in [6.07, 6.45) is 7.94. The van der Waals surface area contributed by atoms with Gasteiger partial charge in [0.15, 0.2) is 0 Å². The first-order chi connectivity index (χ1) is 7.61. The minimum absolute atomic E-state index is 0.0824. The van der Waals surface area contributed by atoms with Gasteiger partial charge in [0.2, 0.25) is 0 Å². The van der Waals surface area contributed by atoms with Crippen molar-refractivity contribution >= 4 is 5.97 Å². The molecular formula is C14H22O2. The summed E-state index contributed by atoms with van der Waals surface area (Å²) in [5, 5.41) is 0. The second-order valence-corrected chi connectivity index (χ2v) is 6.38. The fraction of sp³-hybridized carbons (Fsp3) is 0.929. The van der Waals surface area contributed by atoms with Crippen LogP contribution in [0.1, 0.15) is 52.4 Å². The van der Waals surface area contributed by atoms with Gasteiger partial charge in [0.05, 0.1) is 5.92 Å². The van der Waals surface area contributed by atoms with E-state index in [9.17, 15) is 4.79 Å². The maximum atomic E-state index is 11.9. The van der Waals surface area contributed by atoms with Gasteiger partial charge in [-0.05, 0) is 31.6 Å². The summed E-state index contributed by atoms with van der Waals surface area (Å²) in [5.74, 6) is 1.96. The molecule has 3 fully saturated rings. The zero-order valence-electron chi connectivity index (χ0n) is 10.4. The number of carbonyl (C=O) groups excluding carboxylic acids is 1. The third kappa shape index (κ3) is 1.34. The maximum absolute atomic E-state index is 11.9. The molecule has 90 valence electrons. The Bertz CT molecular complexity index is 312. The fourth-order valence-electron chi connectivity index (χ4n) is 4.35. The lowest BCUT2D eigenvalue weighted by atomic mass is 9.56. The average Bonchev–Trinajstić information content (AvgIpc) is 2.47. The predicted octanol–water partition coefficient (Wildman–Crippen LogP) is 3.15. The second kappa shape index (κ2) is 3.48. The predicted molar refractivity (Wildman–Crippen MR) is 61.8 cm³/mol. The highest BCUT2D eigenvalue weighted by Gasteiger charge is 2.56. The molecule has 0 bridgehead atoms. The smallest absolute Gasteiger partial charge is 0.309 e. The van der Waals surface area contributed by atoms with Gasteiger partial charge in [0.25, 0.3) is 0 Å². The van der Waals surface area contributed by atoms with Gasteiger partial charge in [-0.15, -0.1) is 0 Å². The lowest BCUT2D eigenvalue weighted by molar-refractivity contribution is -0.144. The Morgan fingerprint density at radius 1 is 1.25 bits per heavy atom. The molecule has 2 nitrogen and oxygen atoms in total. The fourth-order valence-corrected chi connectivity index (χ4v) is 4.35. The lowest BCUT2D eigenvalue weighted by Gasteiger charge is -2.46. The zero-order chi connectivity index (χ0) is 11.3. The van der Waals surface area contributed by atoms with Crippen LogP contribution in [0.4, 0.5) is 0 Å². The first-order valence-electron chi connectivity index (χ1n) is 6.82. The van der Waals surface area contributed by atoms with Gasteiger partial charge in [-0.25, -0.2) is 0 Å². The van der Waals surface area contributed by atoms with Gasteiger partial charge in [-0.1, -0.05) is 32.6 Å². The molecule has 3 rings (SSSR count). The summed E-state index contributed by atoms with van der Waals surface area (Å²) in [6, 6.07) is 0. The third-order valence-corrected chi connectivity index (χ3v) is 5.61. The first-order valence-corrected chi connectivity index (χ1v) is 6.82. The summed E-state index contributed by atoms with van der Waals surface area (Å²) in [6.45, 7) is 4.36. The molecule has 2 unspecified atom stereocenters. The number of esters is 1. The van der Waals surface area contributed by atoms with E-state index in [-0.39, 0.29) is 23.4 Å². The molecule has 0 amide bonds. The summed E-state index contributed by atoms with van der Waals surface area (Å²) in [4.78, 5) is 11.9. The van der Waals surface area contributed by atoms with Crippen LogP contribution in [-0.2, 0) is 9.53 Å². The number of fused-ring (bicyclic) bond motifs is 2.